The Labute approximate surface area is 190 Å². The van der Waals surface area contributed by atoms with Gasteiger partial charge in [-0.1, -0.05) is 46.9 Å². The van der Waals surface area contributed by atoms with Crippen LogP contribution in [-0.2, 0) is 13.0 Å². The van der Waals surface area contributed by atoms with Crippen molar-refractivity contribution in [1.29, 1.82) is 0 Å². The van der Waals surface area contributed by atoms with Crippen LogP contribution in [0.1, 0.15) is 27.9 Å². The molecule has 1 aliphatic heterocycles. The molecule has 0 bridgehead atoms. The summed E-state index contributed by atoms with van der Waals surface area (Å²) >= 11 is 18.5. The van der Waals surface area contributed by atoms with Gasteiger partial charge in [-0.3, -0.25) is 4.79 Å². The van der Waals surface area contributed by atoms with Gasteiger partial charge in [0.05, 0.1) is 5.69 Å². The summed E-state index contributed by atoms with van der Waals surface area (Å²) in [6.07, 6.45) is 2.67. The Morgan fingerprint density at radius 1 is 1.07 bits per heavy atom. The molecule has 2 aromatic carbocycles. The van der Waals surface area contributed by atoms with Crippen molar-refractivity contribution in [2.75, 3.05) is 23.3 Å². The number of ketones is 1. The minimum absolute atomic E-state index is 0.0524. The van der Waals surface area contributed by atoms with Crippen molar-refractivity contribution in [3.63, 3.8) is 0 Å². The van der Waals surface area contributed by atoms with E-state index in [2.05, 4.69) is 15.2 Å². The lowest BCUT2D eigenvalue weighted by molar-refractivity contribution is 0.0982. The third-order valence-electron chi connectivity index (χ3n) is 5.10. The predicted octanol–water partition coefficient (Wildman–Crippen LogP) is 6.29. The number of rotatable bonds is 6. The number of nitrogens with one attached hydrogen (secondary N) is 1. The van der Waals surface area contributed by atoms with Crippen LogP contribution in [0.5, 0.6) is 0 Å². The fourth-order valence-electron chi connectivity index (χ4n) is 3.54. The highest BCUT2D eigenvalue weighted by Crippen LogP contribution is 2.31. The minimum Gasteiger partial charge on any atom is -0.367 e. The molecule has 154 valence electrons. The molecule has 0 radical (unpaired) electrons. The van der Waals surface area contributed by atoms with Gasteiger partial charge in [0.25, 0.3) is 0 Å². The Hall–Kier alpha value is -2.27. The third-order valence-corrected chi connectivity index (χ3v) is 5.94. The molecule has 0 spiro atoms. The smallest absolute Gasteiger partial charge is 0.164 e. The van der Waals surface area contributed by atoms with E-state index >= 15 is 0 Å². The Bertz CT molecular complexity index is 1090. The number of anilines is 2. The lowest BCUT2D eigenvalue weighted by atomic mass is 10.0. The molecule has 2 heterocycles. The molecular weight excluding hydrogens is 441 g/mol. The average Bonchev–Trinajstić information content (AvgIpc) is 2.74. The van der Waals surface area contributed by atoms with E-state index in [1.807, 2.05) is 36.4 Å². The lowest BCUT2D eigenvalue weighted by Crippen LogP contribution is -2.34. The van der Waals surface area contributed by atoms with Crippen molar-refractivity contribution in [3.05, 3.63) is 86.5 Å². The summed E-state index contributed by atoms with van der Waals surface area (Å²) in [7, 11) is 0. The highest BCUT2D eigenvalue weighted by atomic mass is 35.5. The summed E-state index contributed by atoms with van der Waals surface area (Å²) in [6, 6.07) is 15.0. The monoisotopic (exact) mass is 459 g/mol. The fraction of sp³-hybridized carbons (Fsp3) is 0.217. The number of fused-ring (bicyclic) bond motifs is 1. The number of carbonyl (C=O) groups excluding carboxylic acids is 1. The van der Waals surface area contributed by atoms with Crippen molar-refractivity contribution in [3.8, 4) is 0 Å². The second kappa shape index (κ2) is 9.25. The Kier molecular flexibility index (Phi) is 6.47. The van der Waals surface area contributed by atoms with Gasteiger partial charge in [-0.05, 0) is 53.9 Å². The minimum atomic E-state index is 0.0524. The van der Waals surface area contributed by atoms with E-state index in [-0.39, 0.29) is 5.78 Å². The fourth-order valence-corrected chi connectivity index (χ4v) is 4.13. The van der Waals surface area contributed by atoms with Crippen molar-refractivity contribution < 1.29 is 4.79 Å². The number of aryl methyl sites for hydroxylation is 1. The first kappa shape index (κ1) is 21.0. The zero-order valence-electron chi connectivity index (χ0n) is 16.2. The van der Waals surface area contributed by atoms with Gasteiger partial charge in [0.2, 0.25) is 0 Å². The summed E-state index contributed by atoms with van der Waals surface area (Å²) < 4.78 is 0. The summed E-state index contributed by atoms with van der Waals surface area (Å²) in [5, 5.41) is 5.29. The number of hydrogen-bond donors (Lipinski definition) is 1. The molecule has 0 saturated heterocycles. The SMILES string of the molecule is O=C(CCc1cccc(Cl)c1)c1cnc2c(c1)N(Cc1cc(Cl)ccc1Cl)CCN2. The predicted molar refractivity (Wildman–Crippen MR) is 124 cm³/mol. The van der Waals surface area contributed by atoms with E-state index in [1.165, 1.54) is 0 Å². The van der Waals surface area contributed by atoms with Gasteiger partial charge >= 0.3 is 0 Å². The number of pyridine rings is 1. The topological polar surface area (TPSA) is 45.2 Å². The standard InChI is InChI=1S/C23H20Cl3N3O/c24-18-3-1-2-15(10-18)4-7-22(30)16-12-21-23(28-13-16)27-8-9-29(21)14-17-11-19(25)5-6-20(17)26/h1-3,5-6,10-13H,4,7-9,14H2,(H,27,28). The second-order valence-corrected chi connectivity index (χ2v) is 8.51. The maximum absolute atomic E-state index is 12.8. The average molecular weight is 461 g/mol. The first-order chi connectivity index (χ1) is 14.5. The number of halogens is 3. The van der Waals surface area contributed by atoms with E-state index in [1.54, 1.807) is 18.3 Å². The summed E-state index contributed by atoms with van der Waals surface area (Å²) in [4.78, 5) is 19.5. The van der Waals surface area contributed by atoms with Gasteiger partial charge in [-0.25, -0.2) is 4.98 Å². The molecule has 30 heavy (non-hydrogen) atoms. The Morgan fingerprint density at radius 2 is 1.90 bits per heavy atom. The molecule has 1 N–H and O–H groups in total. The van der Waals surface area contributed by atoms with Crippen molar-refractivity contribution in [2.24, 2.45) is 0 Å². The highest BCUT2D eigenvalue weighted by Gasteiger charge is 2.21. The molecular formula is C23H20Cl3N3O. The molecule has 0 atom stereocenters. The Balaban J connectivity index is 1.52. The van der Waals surface area contributed by atoms with Crippen LogP contribution in [0.2, 0.25) is 15.1 Å². The van der Waals surface area contributed by atoms with Crippen LogP contribution >= 0.6 is 34.8 Å². The number of carbonyl (C=O) groups is 1. The van der Waals surface area contributed by atoms with Crippen molar-refractivity contribution in [1.82, 2.24) is 4.98 Å². The first-order valence-corrected chi connectivity index (χ1v) is 10.8. The molecule has 1 aromatic heterocycles. The Morgan fingerprint density at radius 3 is 2.73 bits per heavy atom. The van der Waals surface area contributed by atoms with E-state index in [9.17, 15) is 4.79 Å². The van der Waals surface area contributed by atoms with Gasteiger partial charge in [0, 0.05) is 52.9 Å². The lowest BCUT2D eigenvalue weighted by Gasteiger charge is -2.32. The van der Waals surface area contributed by atoms with E-state index in [0.717, 1.165) is 35.7 Å². The zero-order chi connectivity index (χ0) is 21.1. The number of nitrogens with zero attached hydrogens (tertiary/aromatic N) is 2. The zero-order valence-corrected chi connectivity index (χ0v) is 18.4. The van der Waals surface area contributed by atoms with Crippen LogP contribution in [0.15, 0.2) is 54.7 Å². The third kappa shape index (κ3) is 4.89. The highest BCUT2D eigenvalue weighted by molar-refractivity contribution is 6.33. The first-order valence-electron chi connectivity index (χ1n) is 9.70. The van der Waals surface area contributed by atoms with Crippen LogP contribution in [0.25, 0.3) is 0 Å². The van der Waals surface area contributed by atoms with E-state index in [0.29, 0.717) is 40.0 Å². The molecule has 0 aliphatic carbocycles. The number of benzene rings is 2. The van der Waals surface area contributed by atoms with Crippen LogP contribution in [0.3, 0.4) is 0 Å². The van der Waals surface area contributed by atoms with Crippen LogP contribution in [0.4, 0.5) is 11.5 Å². The number of hydrogen-bond acceptors (Lipinski definition) is 4. The molecule has 3 aromatic rings. The molecule has 0 saturated carbocycles. The van der Waals surface area contributed by atoms with Gasteiger partial charge in [-0.2, -0.15) is 0 Å². The maximum atomic E-state index is 12.8. The summed E-state index contributed by atoms with van der Waals surface area (Å²) in [5.41, 5.74) is 3.47. The molecule has 1 aliphatic rings. The van der Waals surface area contributed by atoms with Crippen molar-refractivity contribution in [2.45, 2.75) is 19.4 Å². The number of aromatic nitrogens is 1. The summed E-state index contributed by atoms with van der Waals surface area (Å²) in [5.74, 6) is 0.822. The second-order valence-electron chi connectivity index (χ2n) is 7.23. The largest absolute Gasteiger partial charge is 0.367 e. The molecule has 7 heteroatoms. The van der Waals surface area contributed by atoms with E-state index < -0.39 is 0 Å². The van der Waals surface area contributed by atoms with Gasteiger partial charge < -0.3 is 10.2 Å². The summed E-state index contributed by atoms with van der Waals surface area (Å²) in [6.45, 7) is 2.13. The maximum Gasteiger partial charge on any atom is 0.164 e. The molecule has 4 nitrogen and oxygen atoms in total. The van der Waals surface area contributed by atoms with Crippen LogP contribution in [-0.4, -0.2) is 23.9 Å². The van der Waals surface area contributed by atoms with Gasteiger partial charge in [0.15, 0.2) is 5.78 Å². The molecule has 0 fully saturated rings. The van der Waals surface area contributed by atoms with Crippen LogP contribution < -0.4 is 10.2 Å². The molecule has 0 unspecified atom stereocenters. The van der Waals surface area contributed by atoms with Crippen molar-refractivity contribution >= 4 is 52.1 Å². The number of Topliss-reactive ketones (excluding diaryl/α,β-unsaturated/α-hetero) is 1. The van der Waals surface area contributed by atoms with E-state index in [4.69, 9.17) is 34.8 Å². The molecule has 4 rings (SSSR count). The normalized spacial score (nSPS) is 13.0. The quantitative estimate of drug-likeness (QED) is 0.439. The van der Waals surface area contributed by atoms with Crippen LogP contribution in [0, 0.1) is 0 Å². The molecule has 0 amide bonds. The van der Waals surface area contributed by atoms with Gasteiger partial charge in [0.1, 0.15) is 5.82 Å². The van der Waals surface area contributed by atoms with Gasteiger partial charge in [-0.15, -0.1) is 0 Å².